The van der Waals surface area contributed by atoms with Crippen LogP contribution in [0.2, 0.25) is 0 Å². The van der Waals surface area contributed by atoms with E-state index in [1.807, 2.05) is 66.7 Å². The van der Waals surface area contributed by atoms with Crippen LogP contribution in [0.4, 0.5) is 6.01 Å². The molecule has 3 aromatic carbocycles. The Balaban J connectivity index is 1.53. The highest BCUT2D eigenvalue weighted by Crippen LogP contribution is 2.20. The lowest BCUT2D eigenvalue weighted by Gasteiger charge is -2.05. The average Bonchev–Trinajstić information content (AvgIpc) is 3.09. The molecule has 0 radical (unpaired) electrons. The summed E-state index contributed by atoms with van der Waals surface area (Å²) in [6.07, 6.45) is 0.526. The Morgan fingerprint density at radius 2 is 1.64 bits per heavy atom. The first-order chi connectivity index (χ1) is 12.3. The van der Waals surface area contributed by atoms with Gasteiger partial charge in [0.1, 0.15) is 0 Å². The van der Waals surface area contributed by atoms with E-state index in [1.165, 1.54) is 0 Å². The fraction of sp³-hybridized carbons (Fsp3) is 0.0500. The third kappa shape index (κ3) is 3.26. The molecule has 5 nitrogen and oxygen atoms in total. The fourth-order valence-corrected chi connectivity index (χ4v) is 2.73. The van der Waals surface area contributed by atoms with E-state index in [0.717, 1.165) is 16.3 Å². The van der Waals surface area contributed by atoms with E-state index < -0.39 is 0 Å². The van der Waals surface area contributed by atoms with Gasteiger partial charge in [-0.25, -0.2) is 0 Å². The van der Waals surface area contributed by atoms with Crippen molar-refractivity contribution in [3.05, 3.63) is 89.8 Å². The van der Waals surface area contributed by atoms with E-state index in [0.29, 0.717) is 17.9 Å². The molecule has 0 aliphatic rings. The summed E-state index contributed by atoms with van der Waals surface area (Å²) in [7, 11) is 0. The number of benzene rings is 3. The van der Waals surface area contributed by atoms with Gasteiger partial charge in [-0.15, -0.1) is 5.10 Å². The summed E-state index contributed by atoms with van der Waals surface area (Å²) in [6.45, 7) is 0. The largest absolute Gasteiger partial charge is 0.407 e. The SMILES string of the molecule is O=C(Nc1nnc(Cc2ccccc2)o1)c1cccc2ccccc12. The standard InChI is InChI=1S/C20H15N3O2/c24-19(17-12-6-10-15-9-4-5-11-16(15)17)21-20-23-22-18(25-20)13-14-7-2-1-3-8-14/h1-12H,13H2,(H,21,23,24). The van der Waals surface area contributed by atoms with Crippen molar-refractivity contribution in [2.75, 3.05) is 5.32 Å². The average molecular weight is 329 g/mol. The molecule has 0 aliphatic carbocycles. The zero-order chi connectivity index (χ0) is 17.1. The molecule has 25 heavy (non-hydrogen) atoms. The molecule has 1 N–H and O–H groups in total. The number of nitrogens with zero attached hydrogens (tertiary/aromatic N) is 2. The number of hydrogen-bond donors (Lipinski definition) is 1. The van der Waals surface area contributed by atoms with Crippen LogP contribution in [-0.2, 0) is 6.42 Å². The molecule has 4 rings (SSSR count). The molecule has 1 heterocycles. The smallest absolute Gasteiger partial charge is 0.322 e. The number of hydrogen-bond acceptors (Lipinski definition) is 4. The zero-order valence-corrected chi connectivity index (χ0v) is 13.3. The highest BCUT2D eigenvalue weighted by molar-refractivity contribution is 6.12. The highest BCUT2D eigenvalue weighted by Gasteiger charge is 2.14. The summed E-state index contributed by atoms with van der Waals surface area (Å²) in [5.74, 6) is 0.186. The number of carbonyl (C=O) groups excluding carboxylic acids is 1. The summed E-state index contributed by atoms with van der Waals surface area (Å²) in [5.41, 5.74) is 1.64. The number of rotatable bonds is 4. The highest BCUT2D eigenvalue weighted by atomic mass is 16.4. The Morgan fingerprint density at radius 1 is 0.880 bits per heavy atom. The lowest BCUT2D eigenvalue weighted by Crippen LogP contribution is -2.12. The zero-order valence-electron chi connectivity index (χ0n) is 13.3. The van der Waals surface area contributed by atoms with Crippen molar-refractivity contribution < 1.29 is 9.21 Å². The molecule has 0 fully saturated rings. The Labute approximate surface area is 144 Å². The van der Waals surface area contributed by atoms with Crippen LogP contribution in [0, 0.1) is 0 Å². The molecule has 0 aliphatic heterocycles. The predicted molar refractivity (Wildman–Crippen MR) is 95.4 cm³/mol. The third-order valence-corrected chi connectivity index (χ3v) is 3.92. The van der Waals surface area contributed by atoms with Crippen LogP contribution in [0.1, 0.15) is 21.8 Å². The fourth-order valence-electron chi connectivity index (χ4n) is 2.73. The van der Waals surface area contributed by atoms with Crippen LogP contribution in [0.25, 0.3) is 10.8 Å². The maximum Gasteiger partial charge on any atom is 0.322 e. The molecule has 0 saturated carbocycles. The van der Waals surface area contributed by atoms with Crippen LogP contribution < -0.4 is 5.32 Å². The minimum Gasteiger partial charge on any atom is -0.407 e. The summed E-state index contributed by atoms with van der Waals surface area (Å²) in [6, 6.07) is 23.3. The molecule has 5 heteroatoms. The topological polar surface area (TPSA) is 68.0 Å². The third-order valence-electron chi connectivity index (χ3n) is 3.92. The van der Waals surface area contributed by atoms with Crippen molar-refractivity contribution in [2.45, 2.75) is 6.42 Å². The van der Waals surface area contributed by atoms with Gasteiger partial charge >= 0.3 is 6.01 Å². The van der Waals surface area contributed by atoms with Gasteiger partial charge in [0.2, 0.25) is 5.89 Å². The first-order valence-corrected chi connectivity index (χ1v) is 7.95. The van der Waals surface area contributed by atoms with Gasteiger partial charge in [0.15, 0.2) is 0 Å². The summed E-state index contributed by atoms with van der Waals surface area (Å²) in [5, 5.41) is 12.5. The number of fused-ring (bicyclic) bond motifs is 1. The number of anilines is 1. The number of amides is 1. The number of carbonyl (C=O) groups is 1. The molecular weight excluding hydrogens is 314 g/mol. The van der Waals surface area contributed by atoms with Crippen molar-refractivity contribution in [1.29, 1.82) is 0 Å². The Hall–Kier alpha value is -3.47. The molecule has 0 bridgehead atoms. The molecule has 0 saturated heterocycles. The lowest BCUT2D eigenvalue weighted by atomic mass is 10.0. The second-order valence-electron chi connectivity index (χ2n) is 5.64. The second-order valence-corrected chi connectivity index (χ2v) is 5.64. The van der Waals surface area contributed by atoms with Crippen molar-refractivity contribution in [3.63, 3.8) is 0 Å². The molecule has 1 amide bonds. The van der Waals surface area contributed by atoms with Gasteiger partial charge in [0.05, 0.1) is 6.42 Å². The van der Waals surface area contributed by atoms with Crippen LogP contribution in [0.3, 0.4) is 0 Å². The van der Waals surface area contributed by atoms with Gasteiger partial charge in [-0.05, 0) is 22.4 Å². The molecular formula is C20H15N3O2. The van der Waals surface area contributed by atoms with E-state index in [1.54, 1.807) is 6.07 Å². The monoisotopic (exact) mass is 329 g/mol. The van der Waals surface area contributed by atoms with E-state index >= 15 is 0 Å². The predicted octanol–water partition coefficient (Wildman–Crippen LogP) is 4.07. The van der Waals surface area contributed by atoms with Crippen molar-refractivity contribution >= 4 is 22.7 Å². The minimum absolute atomic E-state index is 0.101. The number of nitrogens with one attached hydrogen (secondary N) is 1. The summed E-state index contributed by atoms with van der Waals surface area (Å²) < 4.78 is 5.54. The van der Waals surface area contributed by atoms with Gasteiger partial charge in [-0.1, -0.05) is 71.8 Å². The van der Waals surface area contributed by atoms with Crippen LogP contribution in [0.5, 0.6) is 0 Å². The van der Waals surface area contributed by atoms with Crippen molar-refractivity contribution in [2.24, 2.45) is 0 Å². The van der Waals surface area contributed by atoms with E-state index in [4.69, 9.17) is 4.42 Å². The quantitative estimate of drug-likeness (QED) is 0.613. The minimum atomic E-state index is -0.272. The first kappa shape index (κ1) is 15.1. The van der Waals surface area contributed by atoms with Crippen LogP contribution in [-0.4, -0.2) is 16.1 Å². The lowest BCUT2D eigenvalue weighted by molar-refractivity contribution is 0.102. The van der Waals surface area contributed by atoms with E-state index in [2.05, 4.69) is 15.5 Å². The van der Waals surface area contributed by atoms with Crippen LogP contribution in [0.15, 0.2) is 77.2 Å². The Morgan fingerprint density at radius 3 is 2.52 bits per heavy atom. The van der Waals surface area contributed by atoms with Gasteiger partial charge in [0.25, 0.3) is 5.91 Å². The van der Waals surface area contributed by atoms with Gasteiger partial charge in [-0.3, -0.25) is 10.1 Å². The van der Waals surface area contributed by atoms with Gasteiger partial charge < -0.3 is 4.42 Å². The van der Waals surface area contributed by atoms with Crippen LogP contribution >= 0.6 is 0 Å². The van der Waals surface area contributed by atoms with Crippen molar-refractivity contribution in [1.82, 2.24) is 10.2 Å². The van der Waals surface area contributed by atoms with Gasteiger partial charge in [0, 0.05) is 5.56 Å². The Bertz CT molecular complexity index is 1020. The summed E-state index contributed by atoms with van der Waals surface area (Å²) in [4.78, 5) is 12.6. The van der Waals surface area contributed by atoms with Crippen molar-refractivity contribution in [3.8, 4) is 0 Å². The summed E-state index contributed by atoms with van der Waals surface area (Å²) >= 11 is 0. The molecule has 0 atom stereocenters. The normalized spacial score (nSPS) is 10.7. The maximum atomic E-state index is 12.6. The first-order valence-electron chi connectivity index (χ1n) is 7.95. The molecule has 4 aromatic rings. The molecule has 0 unspecified atom stereocenters. The number of aromatic nitrogens is 2. The van der Waals surface area contributed by atoms with E-state index in [-0.39, 0.29) is 11.9 Å². The second kappa shape index (κ2) is 6.57. The maximum absolute atomic E-state index is 12.6. The molecule has 122 valence electrons. The Kier molecular flexibility index (Phi) is 3.96. The van der Waals surface area contributed by atoms with Gasteiger partial charge in [-0.2, -0.15) is 0 Å². The van der Waals surface area contributed by atoms with E-state index in [9.17, 15) is 4.79 Å². The molecule has 0 spiro atoms. The molecule has 1 aromatic heterocycles.